The zero-order valence-electron chi connectivity index (χ0n) is 14.9. The molecule has 1 unspecified atom stereocenters. The van der Waals surface area contributed by atoms with Crippen molar-refractivity contribution in [3.63, 3.8) is 0 Å². The smallest absolute Gasteiger partial charge is 0.213 e. The first-order valence-corrected chi connectivity index (χ1v) is 9.11. The Balaban J connectivity index is 1.54. The predicted octanol–water partition coefficient (Wildman–Crippen LogP) is 2.59. The monoisotopic (exact) mass is 372 g/mol. The van der Waals surface area contributed by atoms with Gasteiger partial charge < -0.3 is 9.75 Å². The average molecular weight is 372 g/mol. The fourth-order valence-electron chi connectivity index (χ4n) is 3.45. The molecule has 3 heterocycles. The molecule has 0 bridgehead atoms. The lowest BCUT2D eigenvalue weighted by Gasteiger charge is -2.29. The summed E-state index contributed by atoms with van der Waals surface area (Å²) in [5.41, 5.74) is 6.07. The van der Waals surface area contributed by atoms with Gasteiger partial charge in [-0.25, -0.2) is 14.8 Å². The van der Waals surface area contributed by atoms with Gasteiger partial charge in [0.05, 0.1) is 19.3 Å². The summed E-state index contributed by atoms with van der Waals surface area (Å²) >= 11 is 0. The SMILES string of the molecule is Fc1ccc(C2NN(CCN3CCOCC3)C=C2c2ccnc(F)c2)cc1. The van der Waals surface area contributed by atoms with Crippen molar-refractivity contribution in [1.29, 1.82) is 0 Å². The molecule has 1 N–H and O–H groups in total. The Morgan fingerprint density at radius 1 is 1.07 bits per heavy atom. The summed E-state index contributed by atoms with van der Waals surface area (Å²) in [6, 6.07) is 9.44. The number of halogens is 2. The van der Waals surface area contributed by atoms with Gasteiger partial charge >= 0.3 is 0 Å². The van der Waals surface area contributed by atoms with E-state index in [0.29, 0.717) is 0 Å². The van der Waals surface area contributed by atoms with Crippen LogP contribution in [0.5, 0.6) is 0 Å². The van der Waals surface area contributed by atoms with Gasteiger partial charge in [0.1, 0.15) is 5.82 Å². The largest absolute Gasteiger partial charge is 0.379 e. The van der Waals surface area contributed by atoms with Crippen LogP contribution in [0.25, 0.3) is 5.57 Å². The quantitative estimate of drug-likeness (QED) is 0.817. The van der Waals surface area contributed by atoms with E-state index in [2.05, 4.69) is 15.3 Å². The summed E-state index contributed by atoms with van der Waals surface area (Å²) in [5.74, 6) is -0.792. The van der Waals surface area contributed by atoms with Gasteiger partial charge in [0, 0.05) is 50.2 Å². The lowest BCUT2D eigenvalue weighted by atomic mass is 9.95. The van der Waals surface area contributed by atoms with E-state index < -0.39 is 5.95 Å². The normalized spacial score (nSPS) is 20.7. The molecule has 7 heteroatoms. The highest BCUT2D eigenvalue weighted by atomic mass is 19.1. The van der Waals surface area contributed by atoms with Crippen molar-refractivity contribution in [3.8, 4) is 0 Å². The predicted molar refractivity (Wildman–Crippen MR) is 98.4 cm³/mol. The summed E-state index contributed by atoms with van der Waals surface area (Å²) in [6.07, 6.45) is 3.47. The molecule has 1 atom stereocenters. The standard InChI is InChI=1S/C20H22F2N4O/c21-17-3-1-15(2-4-17)20-18(16-5-6-23-19(22)13-16)14-26(24-20)8-7-25-9-11-27-12-10-25/h1-6,13-14,20,24H,7-12H2. The van der Waals surface area contributed by atoms with E-state index in [1.807, 2.05) is 11.2 Å². The Morgan fingerprint density at radius 2 is 1.85 bits per heavy atom. The molecule has 2 aliphatic heterocycles. The summed E-state index contributed by atoms with van der Waals surface area (Å²) in [5, 5.41) is 2.02. The number of hydrogen-bond acceptors (Lipinski definition) is 5. The minimum atomic E-state index is -0.516. The molecule has 1 saturated heterocycles. The van der Waals surface area contributed by atoms with Crippen LogP contribution in [0.2, 0.25) is 0 Å². The molecule has 1 fully saturated rings. The molecule has 0 aliphatic carbocycles. The second-order valence-corrected chi connectivity index (χ2v) is 6.71. The first-order valence-electron chi connectivity index (χ1n) is 9.11. The highest BCUT2D eigenvalue weighted by Gasteiger charge is 2.27. The molecule has 0 radical (unpaired) electrons. The molecule has 4 rings (SSSR count). The van der Waals surface area contributed by atoms with Crippen molar-refractivity contribution >= 4 is 5.57 Å². The second-order valence-electron chi connectivity index (χ2n) is 6.71. The number of nitrogens with one attached hydrogen (secondary N) is 1. The van der Waals surface area contributed by atoms with E-state index in [1.54, 1.807) is 18.2 Å². The highest BCUT2D eigenvalue weighted by Crippen LogP contribution is 2.34. The molecule has 1 aromatic carbocycles. The Labute approximate surface area is 157 Å². The van der Waals surface area contributed by atoms with Crippen LogP contribution in [-0.2, 0) is 4.74 Å². The average Bonchev–Trinajstić information content (AvgIpc) is 3.12. The number of hydrazine groups is 1. The Hall–Kier alpha value is -2.35. The zero-order chi connectivity index (χ0) is 18.6. The topological polar surface area (TPSA) is 40.6 Å². The molecule has 0 amide bonds. The lowest BCUT2D eigenvalue weighted by Crippen LogP contribution is -2.42. The van der Waals surface area contributed by atoms with Crippen molar-refractivity contribution < 1.29 is 13.5 Å². The Bertz CT molecular complexity index is 806. The van der Waals surface area contributed by atoms with Crippen LogP contribution >= 0.6 is 0 Å². The summed E-state index contributed by atoms with van der Waals surface area (Å²) < 4.78 is 32.4. The first-order chi connectivity index (χ1) is 13.2. The number of ether oxygens (including phenoxy) is 1. The lowest BCUT2D eigenvalue weighted by molar-refractivity contribution is 0.0336. The Kier molecular flexibility index (Phi) is 5.42. The molecule has 0 spiro atoms. The van der Waals surface area contributed by atoms with E-state index in [-0.39, 0.29) is 11.9 Å². The van der Waals surface area contributed by atoms with Crippen LogP contribution in [0.3, 0.4) is 0 Å². The van der Waals surface area contributed by atoms with Gasteiger partial charge in [-0.1, -0.05) is 12.1 Å². The minimum absolute atomic E-state index is 0.169. The maximum absolute atomic E-state index is 13.7. The molecule has 1 aromatic heterocycles. The molecule has 0 saturated carbocycles. The Morgan fingerprint density at radius 3 is 2.59 bits per heavy atom. The number of nitrogens with zero attached hydrogens (tertiary/aromatic N) is 3. The van der Waals surface area contributed by atoms with E-state index in [4.69, 9.17) is 4.74 Å². The van der Waals surface area contributed by atoms with Crippen LogP contribution in [0.4, 0.5) is 8.78 Å². The van der Waals surface area contributed by atoms with Gasteiger partial charge in [0.15, 0.2) is 0 Å². The van der Waals surface area contributed by atoms with E-state index in [1.165, 1.54) is 24.4 Å². The van der Waals surface area contributed by atoms with E-state index >= 15 is 0 Å². The molecule has 142 valence electrons. The van der Waals surface area contributed by atoms with Crippen LogP contribution in [0.15, 0.2) is 48.8 Å². The van der Waals surface area contributed by atoms with E-state index in [9.17, 15) is 8.78 Å². The number of hydrogen-bond donors (Lipinski definition) is 1. The first kappa shape index (κ1) is 18.0. The van der Waals surface area contributed by atoms with Gasteiger partial charge in [-0.3, -0.25) is 4.90 Å². The maximum atomic E-state index is 13.7. The molecule has 5 nitrogen and oxygen atoms in total. The van der Waals surface area contributed by atoms with Gasteiger partial charge in [-0.05, 0) is 29.3 Å². The number of pyridine rings is 1. The van der Waals surface area contributed by atoms with Gasteiger partial charge in [-0.15, -0.1) is 0 Å². The third-order valence-corrected chi connectivity index (χ3v) is 4.92. The highest BCUT2D eigenvalue weighted by molar-refractivity contribution is 5.72. The summed E-state index contributed by atoms with van der Waals surface area (Å²) in [7, 11) is 0. The van der Waals surface area contributed by atoms with Crippen LogP contribution in [0, 0.1) is 11.8 Å². The van der Waals surface area contributed by atoms with Crippen molar-refractivity contribution in [2.24, 2.45) is 0 Å². The number of rotatable bonds is 5. The molecular weight excluding hydrogens is 350 g/mol. The third kappa shape index (κ3) is 4.32. The minimum Gasteiger partial charge on any atom is -0.379 e. The molecular formula is C20H22F2N4O. The summed E-state index contributed by atoms with van der Waals surface area (Å²) in [6.45, 7) is 5.09. The number of aromatic nitrogens is 1. The van der Waals surface area contributed by atoms with Crippen molar-refractivity contribution in [2.75, 3.05) is 39.4 Å². The van der Waals surface area contributed by atoms with Crippen LogP contribution in [0.1, 0.15) is 17.2 Å². The van der Waals surface area contributed by atoms with Gasteiger partial charge in [0.25, 0.3) is 0 Å². The summed E-state index contributed by atoms with van der Waals surface area (Å²) in [4.78, 5) is 6.00. The zero-order valence-corrected chi connectivity index (χ0v) is 14.9. The molecule has 2 aliphatic rings. The van der Waals surface area contributed by atoms with Crippen LogP contribution < -0.4 is 5.43 Å². The maximum Gasteiger partial charge on any atom is 0.213 e. The van der Waals surface area contributed by atoms with Crippen molar-refractivity contribution in [3.05, 3.63) is 71.7 Å². The van der Waals surface area contributed by atoms with Crippen molar-refractivity contribution in [1.82, 2.24) is 20.3 Å². The second kappa shape index (κ2) is 8.12. The van der Waals surface area contributed by atoms with Crippen molar-refractivity contribution in [2.45, 2.75) is 6.04 Å². The fraction of sp³-hybridized carbons (Fsp3) is 0.350. The van der Waals surface area contributed by atoms with Gasteiger partial charge in [0.2, 0.25) is 5.95 Å². The molecule has 2 aromatic rings. The number of morpholine rings is 1. The fourth-order valence-corrected chi connectivity index (χ4v) is 3.45. The third-order valence-electron chi connectivity index (χ3n) is 4.92. The van der Waals surface area contributed by atoms with Gasteiger partial charge in [-0.2, -0.15) is 4.39 Å². The van der Waals surface area contributed by atoms with Crippen LogP contribution in [-0.4, -0.2) is 54.3 Å². The molecule has 27 heavy (non-hydrogen) atoms. The van der Waals surface area contributed by atoms with E-state index in [0.717, 1.165) is 56.1 Å². The number of benzene rings is 1.